The number of nitro groups is 1. The van der Waals surface area contributed by atoms with Crippen molar-refractivity contribution in [3.8, 4) is 5.75 Å². The number of nitrogens with zero attached hydrogens (tertiary/aromatic N) is 3. The SMILES string of the molecule is CS(=O)(=O)OC(CNS(=O)(=O)c1ccccc1[N+](=O)[O-])C1CCC(N(Cc2ccc3c(n2)NC(=O)CO3)C(=O)C(F)(F)F)CC1. The first-order chi connectivity index (χ1) is 20.9. The van der Waals surface area contributed by atoms with Crippen molar-refractivity contribution in [3.05, 3.63) is 52.2 Å². The summed E-state index contributed by atoms with van der Waals surface area (Å²) in [6, 6.07) is 6.33. The molecule has 45 heavy (non-hydrogen) atoms. The first-order valence-electron chi connectivity index (χ1n) is 13.4. The van der Waals surface area contributed by atoms with Gasteiger partial charge in [0.15, 0.2) is 23.1 Å². The molecule has 0 bridgehead atoms. The summed E-state index contributed by atoms with van der Waals surface area (Å²) in [5.41, 5.74) is -0.661. The zero-order valence-electron chi connectivity index (χ0n) is 23.5. The van der Waals surface area contributed by atoms with E-state index >= 15 is 0 Å². The second-order valence-electron chi connectivity index (χ2n) is 10.4. The molecule has 1 unspecified atom stereocenters. The molecule has 2 heterocycles. The Bertz CT molecular complexity index is 1680. The van der Waals surface area contributed by atoms with Crippen molar-refractivity contribution >= 4 is 43.5 Å². The zero-order valence-corrected chi connectivity index (χ0v) is 25.2. The molecule has 4 rings (SSSR count). The Morgan fingerprint density at radius 1 is 1.18 bits per heavy atom. The highest BCUT2D eigenvalue weighted by Gasteiger charge is 2.46. The molecule has 0 saturated heterocycles. The quantitative estimate of drug-likeness (QED) is 0.200. The number of aromatic nitrogens is 1. The molecule has 1 atom stereocenters. The second-order valence-corrected chi connectivity index (χ2v) is 13.7. The molecule has 1 fully saturated rings. The summed E-state index contributed by atoms with van der Waals surface area (Å²) >= 11 is 0. The summed E-state index contributed by atoms with van der Waals surface area (Å²) < 4.78 is 103. The molecular formula is C25H28F3N5O10S2. The van der Waals surface area contributed by atoms with Crippen molar-refractivity contribution in [1.82, 2.24) is 14.6 Å². The fourth-order valence-electron chi connectivity index (χ4n) is 5.19. The molecule has 1 aromatic carbocycles. The number of alkyl halides is 3. The van der Waals surface area contributed by atoms with Gasteiger partial charge in [0.2, 0.25) is 10.0 Å². The van der Waals surface area contributed by atoms with Crippen LogP contribution in [-0.2, 0) is 40.5 Å². The average Bonchev–Trinajstić information content (AvgIpc) is 2.96. The van der Waals surface area contributed by atoms with Gasteiger partial charge in [0.1, 0.15) is 0 Å². The van der Waals surface area contributed by atoms with Crippen molar-refractivity contribution in [2.45, 2.75) is 55.4 Å². The van der Waals surface area contributed by atoms with Gasteiger partial charge < -0.3 is 15.0 Å². The van der Waals surface area contributed by atoms with Gasteiger partial charge in [-0.1, -0.05) is 12.1 Å². The number of anilines is 1. The molecule has 246 valence electrons. The number of nitrogens with one attached hydrogen (secondary N) is 2. The minimum Gasteiger partial charge on any atom is -0.480 e. The maximum Gasteiger partial charge on any atom is 0.471 e. The van der Waals surface area contributed by atoms with Gasteiger partial charge in [-0.15, -0.1) is 0 Å². The minimum atomic E-state index is -5.22. The molecular weight excluding hydrogens is 651 g/mol. The van der Waals surface area contributed by atoms with E-state index in [2.05, 4.69) is 15.0 Å². The largest absolute Gasteiger partial charge is 0.480 e. The van der Waals surface area contributed by atoms with Crippen LogP contribution in [0.15, 0.2) is 41.3 Å². The maximum atomic E-state index is 13.6. The zero-order chi connectivity index (χ0) is 33.2. The molecule has 1 aliphatic heterocycles. The monoisotopic (exact) mass is 679 g/mol. The van der Waals surface area contributed by atoms with E-state index in [1.807, 2.05) is 0 Å². The van der Waals surface area contributed by atoms with Crippen molar-refractivity contribution in [3.63, 3.8) is 0 Å². The first-order valence-corrected chi connectivity index (χ1v) is 16.7. The molecule has 1 aliphatic carbocycles. The van der Waals surface area contributed by atoms with Crippen LogP contribution in [0.1, 0.15) is 31.4 Å². The maximum absolute atomic E-state index is 13.6. The van der Waals surface area contributed by atoms with Crippen LogP contribution in [0.2, 0.25) is 0 Å². The number of ether oxygens (including phenoxy) is 1. The number of rotatable bonds is 11. The number of halogens is 3. The third-order valence-corrected chi connectivity index (χ3v) is 9.27. The summed E-state index contributed by atoms with van der Waals surface area (Å²) in [5.74, 6) is -3.10. The lowest BCUT2D eigenvalue weighted by molar-refractivity contribution is -0.387. The van der Waals surface area contributed by atoms with Crippen LogP contribution < -0.4 is 14.8 Å². The Kier molecular flexibility index (Phi) is 10.00. The van der Waals surface area contributed by atoms with Crippen molar-refractivity contribution in [1.29, 1.82) is 0 Å². The van der Waals surface area contributed by atoms with Crippen LogP contribution >= 0.6 is 0 Å². The van der Waals surface area contributed by atoms with E-state index < -0.39 is 84.8 Å². The van der Waals surface area contributed by atoms with Crippen molar-refractivity contribution < 1.29 is 53.4 Å². The van der Waals surface area contributed by atoms with E-state index in [4.69, 9.17) is 8.92 Å². The summed E-state index contributed by atoms with van der Waals surface area (Å²) in [4.78, 5) is 38.6. The van der Waals surface area contributed by atoms with Crippen LogP contribution in [0.3, 0.4) is 0 Å². The predicted octanol–water partition coefficient (Wildman–Crippen LogP) is 2.09. The Morgan fingerprint density at radius 3 is 2.47 bits per heavy atom. The first kappa shape index (κ1) is 34.0. The lowest BCUT2D eigenvalue weighted by Crippen LogP contribution is -2.49. The fourth-order valence-corrected chi connectivity index (χ4v) is 7.08. The highest BCUT2D eigenvalue weighted by molar-refractivity contribution is 7.89. The van der Waals surface area contributed by atoms with Gasteiger partial charge in [0.05, 0.1) is 29.5 Å². The van der Waals surface area contributed by atoms with Crippen molar-refractivity contribution in [2.75, 3.05) is 24.7 Å². The molecule has 1 aromatic heterocycles. The van der Waals surface area contributed by atoms with Gasteiger partial charge >= 0.3 is 12.1 Å². The highest BCUT2D eigenvalue weighted by Crippen LogP contribution is 2.35. The number of amides is 2. The van der Waals surface area contributed by atoms with Gasteiger partial charge in [0.25, 0.3) is 21.7 Å². The molecule has 0 radical (unpaired) electrons. The molecule has 15 nitrogen and oxygen atoms in total. The lowest BCUT2D eigenvalue weighted by Gasteiger charge is -2.39. The van der Waals surface area contributed by atoms with Crippen molar-refractivity contribution in [2.24, 2.45) is 5.92 Å². The van der Waals surface area contributed by atoms with E-state index in [0.29, 0.717) is 4.90 Å². The number of sulfonamides is 1. The summed E-state index contributed by atoms with van der Waals surface area (Å²) in [6.45, 7) is -1.43. The second kappa shape index (κ2) is 13.2. The third-order valence-electron chi connectivity index (χ3n) is 7.20. The Labute approximate surface area is 255 Å². The number of hydrogen-bond donors (Lipinski definition) is 2. The van der Waals surface area contributed by atoms with Gasteiger partial charge in [-0.25, -0.2) is 18.1 Å². The highest BCUT2D eigenvalue weighted by atomic mass is 32.2. The number of para-hydroxylation sites is 1. The molecule has 2 aromatic rings. The molecule has 0 spiro atoms. The summed E-state index contributed by atoms with van der Waals surface area (Å²) in [6.07, 6.45) is -5.76. The summed E-state index contributed by atoms with van der Waals surface area (Å²) in [5, 5.41) is 13.8. The van der Waals surface area contributed by atoms with E-state index in [9.17, 15) is 49.7 Å². The smallest absolute Gasteiger partial charge is 0.471 e. The van der Waals surface area contributed by atoms with E-state index in [1.165, 1.54) is 24.3 Å². The van der Waals surface area contributed by atoms with Crippen LogP contribution in [0.25, 0.3) is 0 Å². The van der Waals surface area contributed by atoms with Crippen LogP contribution in [0.4, 0.5) is 24.7 Å². The van der Waals surface area contributed by atoms with E-state index in [0.717, 1.165) is 18.4 Å². The number of carbonyl (C=O) groups is 2. The topological polar surface area (TPSA) is 204 Å². The average molecular weight is 680 g/mol. The summed E-state index contributed by atoms with van der Waals surface area (Å²) in [7, 11) is -8.65. The third kappa shape index (κ3) is 8.65. The Morgan fingerprint density at radius 2 is 1.84 bits per heavy atom. The van der Waals surface area contributed by atoms with Crippen LogP contribution in [-0.4, -0.2) is 81.2 Å². The predicted molar refractivity (Wildman–Crippen MR) is 149 cm³/mol. The molecule has 1 saturated carbocycles. The number of nitro benzene ring substituents is 1. The number of fused-ring (bicyclic) bond motifs is 1. The lowest BCUT2D eigenvalue weighted by atomic mass is 9.82. The number of hydrogen-bond acceptors (Lipinski definition) is 11. The van der Waals surface area contributed by atoms with Gasteiger partial charge in [-0.2, -0.15) is 21.6 Å². The number of carbonyl (C=O) groups excluding carboxylic acids is 2. The van der Waals surface area contributed by atoms with Crippen LogP contribution in [0, 0.1) is 16.0 Å². The number of benzene rings is 1. The fraction of sp³-hybridized carbons (Fsp3) is 0.480. The normalized spacial score (nSPS) is 19.5. The van der Waals surface area contributed by atoms with E-state index in [-0.39, 0.29) is 49.6 Å². The van der Waals surface area contributed by atoms with Gasteiger partial charge in [0, 0.05) is 18.7 Å². The standard InChI is InChI=1S/C25H28F3N5O10S2/c1-44(38,39)43-20(12-29-45(40,41)21-5-3-2-4-18(21)33(36)37)15-6-9-17(10-7-15)32(24(35)25(26,27)28)13-16-8-11-19-23(30-16)31-22(34)14-42-19/h2-5,8,11,15,17,20,29H,6-7,9-10,12-14H2,1H3,(H,30,31,34). The molecule has 20 heteroatoms. The van der Waals surface area contributed by atoms with E-state index in [1.54, 1.807) is 0 Å². The molecule has 2 N–H and O–H groups in total. The Hall–Kier alpha value is -3.88. The molecule has 2 amide bonds. The Balaban J connectivity index is 1.50. The van der Waals surface area contributed by atoms with Crippen LogP contribution in [0.5, 0.6) is 5.75 Å². The van der Waals surface area contributed by atoms with Gasteiger partial charge in [-0.05, 0) is 49.8 Å². The minimum absolute atomic E-state index is 0.00378. The van der Waals surface area contributed by atoms with Gasteiger partial charge in [-0.3, -0.25) is 23.9 Å². The number of pyridine rings is 1. The molecule has 2 aliphatic rings.